The average Bonchev–Trinajstić information content (AvgIpc) is 2.43. The minimum absolute atomic E-state index is 0.0657. The molecule has 0 aliphatic rings. The quantitative estimate of drug-likeness (QED) is 0.641. The summed E-state index contributed by atoms with van der Waals surface area (Å²) in [6, 6.07) is 6.98. The van der Waals surface area contributed by atoms with Gasteiger partial charge in [0.05, 0.1) is 0 Å². The van der Waals surface area contributed by atoms with Crippen LogP contribution in [0, 0.1) is 0 Å². The third-order valence-corrected chi connectivity index (χ3v) is 3.16. The highest BCUT2D eigenvalue weighted by atomic mass is 16.6. The van der Waals surface area contributed by atoms with E-state index in [1.165, 1.54) is 0 Å². The number of alkyl carbamates (subject to hydrolysis) is 1. The first-order chi connectivity index (χ1) is 11.1. The summed E-state index contributed by atoms with van der Waals surface area (Å²) in [6.45, 7) is 9.95. The number of anilines is 1. The largest absolute Gasteiger partial charge is 0.444 e. The first kappa shape index (κ1) is 19.8. The number of amides is 3. The summed E-state index contributed by atoms with van der Waals surface area (Å²) in [7, 11) is 0. The van der Waals surface area contributed by atoms with Crippen molar-refractivity contribution in [2.45, 2.75) is 52.3 Å². The number of carbonyl (C=O) groups excluding carboxylic acids is 2. The van der Waals surface area contributed by atoms with Crippen LogP contribution in [0.15, 0.2) is 24.3 Å². The molecular weight excluding hydrogens is 308 g/mol. The standard InChI is InChI=1S/C17H28N4O3/c1-11(10-19-16(23)24-17(3,4)5)20-12(2)13-6-8-14(9-7-13)21-15(18)22/h6-9,11-12,20H,10H2,1-5H3,(H,19,23)(H3,18,21,22). The molecule has 2 atom stereocenters. The number of hydrogen-bond donors (Lipinski definition) is 4. The number of ether oxygens (including phenoxy) is 1. The van der Waals surface area contributed by atoms with Gasteiger partial charge >= 0.3 is 12.1 Å². The van der Waals surface area contributed by atoms with Crippen LogP contribution in [0.4, 0.5) is 15.3 Å². The fraction of sp³-hybridized carbons (Fsp3) is 0.529. The summed E-state index contributed by atoms with van der Waals surface area (Å²) in [5.41, 5.74) is 6.29. The lowest BCUT2D eigenvalue weighted by molar-refractivity contribution is 0.0522. The number of carbonyl (C=O) groups is 2. The molecule has 3 amide bonds. The van der Waals surface area contributed by atoms with Crippen molar-refractivity contribution < 1.29 is 14.3 Å². The Morgan fingerprint density at radius 1 is 1.17 bits per heavy atom. The lowest BCUT2D eigenvalue weighted by Gasteiger charge is -2.23. The molecular formula is C17H28N4O3. The Bertz CT molecular complexity index is 552. The molecule has 2 unspecified atom stereocenters. The van der Waals surface area contributed by atoms with Gasteiger partial charge in [0, 0.05) is 24.3 Å². The van der Waals surface area contributed by atoms with Gasteiger partial charge in [-0.05, 0) is 52.3 Å². The van der Waals surface area contributed by atoms with Crippen LogP contribution >= 0.6 is 0 Å². The zero-order chi connectivity index (χ0) is 18.3. The number of urea groups is 1. The van der Waals surface area contributed by atoms with Crippen molar-refractivity contribution in [2.75, 3.05) is 11.9 Å². The third kappa shape index (κ3) is 7.82. The Hall–Kier alpha value is -2.28. The summed E-state index contributed by atoms with van der Waals surface area (Å²) in [6.07, 6.45) is -0.425. The number of nitrogens with two attached hydrogens (primary N) is 1. The van der Waals surface area contributed by atoms with Gasteiger partial charge in [-0.15, -0.1) is 0 Å². The molecule has 1 rings (SSSR count). The van der Waals surface area contributed by atoms with E-state index in [4.69, 9.17) is 10.5 Å². The first-order valence-electron chi connectivity index (χ1n) is 7.96. The van der Waals surface area contributed by atoms with E-state index in [1.807, 2.05) is 46.8 Å². The van der Waals surface area contributed by atoms with Crippen LogP contribution in [-0.4, -0.2) is 30.3 Å². The van der Waals surface area contributed by atoms with Crippen molar-refractivity contribution in [3.63, 3.8) is 0 Å². The molecule has 134 valence electrons. The molecule has 0 aliphatic heterocycles. The Balaban J connectivity index is 2.44. The highest BCUT2D eigenvalue weighted by molar-refractivity contribution is 5.87. The molecule has 0 radical (unpaired) electrons. The van der Waals surface area contributed by atoms with Crippen molar-refractivity contribution in [1.82, 2.24) is 10.6 Å². The van der Waals surface area contributed by atoms with Gasteiger partial charge in [-0.3, -0.25) is 0 Å². The molecule has 0 saturated heterocycles. The van der Waals surface area contributed by atoms with Gasteiger partial charge in [0.15, 0.2) is 0 Å². The maximum Gasteiger partial charge on any atom is 0.407 e. The van der Waals surface area contributed by atoms with Crippen molar-refractivity contribution in [2.24, 2.45) is 5.73 Å². The molecule has 24 heavy (non-hydrogen) atoms. The lowest BCUT2D eigenvalue weighted by Crippen LogP contribution is -2.41. The maximum absolute atomic E-state index is 11.6. The van der Waals surface area contributed by atoms with E-state index in [1.54, 1.807) is 12.1 Å². The Morgan fingerprint density at radius 3 is 2.25 bits per heavy atom. The molecule has 0 aliphatic carbocycles. The summed E-state index contributed by atoms with van der Waals surface area (Å²) in [5.74, 6) is 0. The molecule has 5 N–H and O–H groups in total. The number of hydrogen-bond acceptors (Lipinski definition) is 4. The molecule has 0 saturated carbocycles. The minimum Gasteiger partial charge on any atom is -0.444 e. The first-order valence-corrected chi connectivity index (χ1v) is 7.96. The summed E-state index contributed by atoms with van der Waals surface area (Å²) >= 11 is 0. The third-order valence-electron chi connectivity index (χ3n) is 3.16. The van der Waals surface area contributed by atoms with Crippen LogP contribution in [0.1, 0.15) is 46.2 Å². The number of nitrogens with one attached hydrogen (secondary N) is 3. The average molecular weight is 336 g/mol. The second-order valence-corrected chi connectivity index (χ2v) is 6.78. The topological polar surface area (TPSA) is 105 Å². The van der Waals surface area contributed by atoms with Crippen molar-refractivity contribution in [3.05, 3.63) is 29.8 Å². The monoisotopic (exact) mass is 336 g/mol. The van der Waals surface area contributed by atoms with Crippen molar-refractivity contribution in [1.29, 1.82) is 0 Å². The molecule has 7 nitrogen and oxygen atoms in total. The molecule has 0 heterocycles. The Labute approximate surface area is 143 Å². The van der Waals surface area contributed by atoms with Crippen LogP contribution in [0.5, 0.6) is 0 Å². The van der Waals surface area contributed by atoms with Crippen molar-refractivity contribution >= 4 is 17.8 Å². The molecule has 0 aromatic heterocycles. The highest BCUT2D eigenvalue weighted by Gasteiger charge is 2.17. The second-order valence-electron chi connectivity index (χ2n) is 6.78. The van der Waals surface area contributed by atoms with Gasteiger partial charge in [-0.1, -0.05) is 12.1 Å². The maximum atomic E-state index is 11.6. The van der Waals surface area contributed by atoms with E-state index in [0.29, 0.717) is 12.2 Å². The predicted octanol–water partition coefficient (Wildman–Crippen LogP) is 2.74. The molecule has 0 bridgehead atoms. The van der Waals surface area contributed by atoms with Crippen LogP contribution in [0.3, 0.4) is 0 Å². The Kier molecular flexibility index (Phi) is 7.03. The number of benzene rings is 1. The lowest BCUT2D eigenvalue weighted by atomic mass is 10.1. The van der Waals surface area contributed by atoms with Crippen molar-refractivity contribution in [3.8, 4) is 0 Å². The second kappa shape index (κ2) is 8.54. The van der Waals surface area contributed by atoms with Crippen LogP contribution in [-0.2, 0) is 4.74 Å². The van der Waals surface area contributed by atoms with E-state index in [-0.39, 0.29) is 12.1 Å². The van der Waals surface area contributed by atoms with Gasteiger partial charge in [-0.2, -0.15) is 0 Å². The van der Waals surface area contributed by atoms with Crippen LogP contribution < -0.4 is 21.7 Å². The van der Waals surface area contributed by atoms with Gasteiger partial charge in [-0.25, -0.2) is 9.59 Å². The van der Waals surface area contributed by atoms with Gasteiger partial charge in [0.1, 0.15) is 5.60 Å². The summed E-state index contributed by atoms with van der Waals surface area (Å²) in [5, 5.41) is 8.65. The normalized spacial score (nSPS) is 13.7. The molecule has 0 fully saturated rings. The minimum atomic E-state index is -0.587. The molecule has 1 aromatic rings. The van der Waals surface area contributed by atoms with E-state index in [0.717, 1.165) is 5.56 Å². The van der Waals surface area contributed by atoms with Gasteiger partial charge in [0.2, 0.25) is 0 Å². The molecule has 7 heteroatoms. The van der Waals surface area contributed by atoms with E-state index >= 15 is 0 Å². The fourth-order valence-corrected chi connectivity index (χ4v) is 2.13. The molecule has 0 spiro atoms. The smallest absolute Gasteiger partial charge is 0.407 e. The summed E-state index contributed by atoms with van der Waals surface area (Å²) < 4.78 is 5.20. The number of primary amides is 1. The Morgan fingerprint density at radius 2 is 1.75 bits per heavy atom. The zero-order valence-corrected chi connectivity index (χ0v) is 15.0. The molecule has 1 aromatic carbocycles. The highest BCUT2D eigenvalue weighted by Crippen LogP contribution is 2.16. The predicted molar refractivity (Wildman–Crippen MR) is 94.9 cm³/mol. The van der Waals surface area contributed by atoms with E-state index in [2.05, 4.69) is 16.0 Å². The van der Waals surface area contributed by atoms with Crippen LogP contribution in [0.25, 0.3) is 0 Å². The van der Waals surface area contributed by atoms with Crippen LogP contribution in [0.2, 0.25) is 0 Å². The van der Waals surface area contributed by atoms with E-state index in [9.17, 15) is 9.59 Å². The zero-order valence-electron chi connectivity index (χ0n) is 15.0. The van der Waals surface area contributed by atoms with Gasteiger partial charge < -0.3 is 26.4 Å². The SMILES string of the molecule is CC(CNC(=O)OC(C)(C)C)NC(C)c1ccc(NC(N)=O)cc1. The number of rotatable bonds is 6. The van der Waals surface area contributed by atoms with Gasteiger partial charge in [0.25, 0.3) is 0 Å². The van der Waals surface area contributed by atoms with E-state index < -0.39 is 17.7 Å². The summed E-state index contributed by atoms with van der Waals surface area (Å²) in [4.78, 5) is 22.4. The fourth-order valence-electron chi connectivity index (χ4n) is 2.13.